The average molecular weight is 350 g/mol. The van der Waals surface area contributed by atoms with Crippen molar-refractivity contribution in [2.24, 2.45) is 0 Å². The van der Waals surface area contributed by atoms with Crippen molar-refractivity contribution in [1.82, 2.24) is 15.3 Å². The van der Waals surface area contributed by atoms with E-state index < -0.39 is 0 Å². The zero-order valence-electron chi connectivity index (χ0n) is 10.7. The summed E-state index contributed by atoms with van der Waals surface area (Å²) >= 11 is 5.01. The summed E-state index contributed by atoms with van der Waals surface area (Å²) in [7, 11) is 0. The highest BCUT2D eigenvalue weighted by molar-refractivity contribution is 9.10. The van der Waals surface area contributed by atoms with Crippen LogP contribution < -0.4 is 5.32 Å². The average Bonchev–Trinajstić information content (AvgIpc) is 3.01. The van der Waals surface area contributed by atoms with E-state index in [0.717, 1.165) is 25.3 Å². The van der Waals surface area contributed by atoms with Crippen LogP contribution in [0.15, 0.2) is 34.9 Å². The third-order valence-electron chi connectivity index (χ3n) is 2.92. The Morgan fingerprint density at radius 2 is 2.30 bits per heavy atom. The molecule has 0 aliphatic rings. The van der Waals surface area contributed by atoms with Crippen molar-refractivity contribution in [3.63, 3.8) is 0 Å². The Bertz CT molecular complexity index is 778. The molecular weight excluding hydrogens is 338 g/mol. The predicted octanol–water partition coefficient (Wildman–Crippen LogP) is 3.63. The van der Waals surface area contributed by atoms with Gasteiger partial charge in [0.2, 0.25) is 0 Å². The number of carbonyl (C=O) groups excluding carboxylic acids is 1. The molecule has 0 atom stereocenters. The number of H-pyrrole nitrogens is 1. The Kier molecular flexibility index (Phi) is 3.58. The molecule has 0 radical (unpaired) electrons. The third kappa shape index (κ3) is 2.76. The fourth-order valence-corrected chi connectivity index (χ4v) is 3.09. The molecule has 2 aromatic heterocycles. The molecule has 2 heterocycles. The first-order valence-electron chi connectivity index (χ1n) is 6.09. The van der Waals surface area contributed by atoms with Crippen LogP contribution in [0.4, 0.5) is 0 Å². The maximum absolute atomic E-state index is 12.1. The lowest BCUT2D eigenvalue weighted by atomic mass is 10.2. The molecule has 20 heavy (non-hydrogen) atoms. The van der Waals surface area contributed by atoms with Gasteiger partial charge in [-0.15, -0.1) is 11.3 Å². The molecule has 3 rings (SSSR count). The van der Waals surface area contributed by atoms with Gasteiger partial charge in [0.05, 0.1) is 11.6 Å². The summed E-state index contributed by atoms with van der Waals surface area (Å²) < 4.78 is 0.996. The molecule has 0 fully saturated rings. The molecule has 0 spiro atoms. The standard InChI is InChI=1S/C14H12BrN3OS/c1-8-16-6-11(20-8)7-17-14(19)13-5-9-4-10(15)2-3-12(9)18-13/h2-6,18H,7H2,1H3,(H,17,19). The van der Waals surface area contributed by atoms with E-state index >= 15 is 0 Å². The molecular formula is C14H12BrN3OS. The number of fused-ring (bicyclic) bond motifs is 1. The van der Waals surface area contributed by atoms with Crippen molar-refractivity contribution in [2.75, 3.05) is 0 Å². The van der Waals surface area contributed by atoms with Gasteiger partial charge in [-0.25, -0.2) is 4.98 Å². The van der Waals surface area contributed by atoms with Crippen molar-refractivity contribution >= 4 is 44.1 Å². The van der Waals surface area contributed by atoms with E-state index in [-0.39, 0.29) is 5.91 Å². The molecule has 2 N–H and O–H groups in total. The minimum Gasteiger partial charge on any atom is -0.351 e. The van der Waals surface area contributed by atoms with Gasteiger partial charge >= 0.3 is 0 Å². The van der Waals surface area contributed by atoms with Gasteiger partial charge < -0.3 is 10.3 Å². The molecule has 1 amide bonds. The van der Waals surface area contributed by atoms with Crippen molar-refractivity contribution in [1.29, 1.82) is 0 Å². The Labute approximate surface area is 128 Å². The summed E-state index contributed by atoms with van der Waals surface area (Å²) in [5, 5.41) is 4.91. The Balaban J connectivity index is 1.75. The Morgan fingerprint density at radius 3 is 3.05 bits per heavy atom. The van der Waals surface area contributed by atoms with Crippen molar-refractivity contribution < 1.29 is 4.79 Å². The lowest BCUT2D eigenvalue weighted by Gasteiger charge is -2.00. The fraction of sp³-hybridized carbons (Fsp3) is 0.143. The van der Waals surface area contributed by atoms with Crippen LogP contribution in [-0.2, 0) is 6.54 Å². The topological polar surface area (TPSA) is 57.8 Å². The minimum absolute atomic E-state index is 0.108. The first-order valence-corrected chi connectivity index (χ1v) is 7.70. The van der Waals surface area contributed by atoms with Gasteiger partial charge in [-0.3, -0.25) is 4.79 Å². The number of benzene rings is 1. The van der Waals surface area contributed by atoms with E-state index in [1.807, 2.05) is 31.2 Å². The van der Waals surface area contributed by atoms with Gasteiger partial charge in [0.1, 0.15) is 5.69 Å². The summed E-state index contributed by atoms with van der Waals surface area (Å²) in [5.41, 5.74) is 1.52. The van der Waals surface area contributed by atoms with Crippen molar-refractivity contribution in [3.8, 4) is 0 Å². The number of halogens is 1. The van der Waals surface area contributed by atoms with Crippen LogP contribution in [0.3, 0.4) is 0 Å². The highest BCUT2D eigenvalue weighted by atomic mass is 79.9. The number of aryl methyl sites for hydroxylation is 1. The number of amides is 1. The predicted molar refractivity (Wildman–Crippen MR) is 84.0 cm³/mol. The van der Waals surface area contributed by atoms with Gasteiger partial charge in [0, 0.05) is 26.4 Å². The summed E-state index contributed by atoms with van der Waals surface area (Å²) in [5.74, 6) is -0.108. The second-order valence-electron chi connectivity index (χ2n) is 4.44. The van der Waals surface area contributed by atoms with Gasteiger partial charge in [0.25, 0.3) is 5.91 Å². The molecule has 0 unspecified atom stereocenters. The zero-order chi connectivity index (χ0) is 14.1. The maximum Gasteiger partial charge on any atom is 0.268 e. The molecule has 0 saturated heterocycles. The van der Waals surface area contributed by atoms with Crippen LogP contribution in [-0.4, -0.2) is 15.9 Å². The second kappa shape index (κ2) is 5.38. The monoisotopic (exact) mass is 349 g/mol. The lowest BCUT2D eigenvalue weighted by molar-refractivity contribution is 0.0947. The summed E-state index contributed by atoms with van der Waals surface area (Å²) in [6.45, 7) is 2.45. The molecule has 6 heteroatoms. The van der Waals surface area contributed by atoms with Gasteiger partial charge in [-0.1, -0.05) is 15.9 Å². The fourth-order valence-electron chi connectivity index (χ4n) is 1.98. The van der Waals surface area contributed by atoms with Crippen LogP contribution in [0, 0.1) is 6.92 Å². The van der Waals surface area contributed by atoms with E-state index in [1.54, 1.807) is 17.5 Å². The quantitative estimate of drug-likeness (QED) is 0.758. The van der Waals surface area contributed by atoms with E-state index in [9.17, 15) is 4.79 Å². The van der Waals surface area contributed by atoms with Crippen LogP contribution in [0.2, 0.25) is 0 Å². The Morgan fingerprint density at radius 1 is 1.45 bits per heavy atom. The smallest absolute Gasteiger partial charge is 0.268 e. The van der Waals surface area contributed by atoms with Gasteiger partial charge in [-0.2, -0.15) is 0 Å². The minimum atomic E-state index is -0.108. The van der Waals surface area contributed by atoms with Gasteiger partial charge in [0.15, 0.2) is 0 Å². The summed E-state index contributed by atoms with van der Waals surface area (Å²) in [6.07, 6.45) is 1.79. The lowest BCUT2D eigenvalue weighted by Crippen LogP contribution is -2.22. The molecule has 4 nitrogen and oxygen atoms in total. The normalized spacial score (nSPS) is 10.9. The Hall–Kier alpha value is -1.66. The van der Waals surface area contributed by atoms with Crippen LogP contribution in [0.25, 0.3) is 10.9 Å². The molecule has 3 aromatic rings. The highest BCUT2D eigenvalue weighted by Crippen LogP contribution is 2.20. The van der Waals surface area contributed by atoms with Crippen molar-refractivity contribution in [3.05, 3.63) is 50.5 Å². The first kappa shape index (κ1) is 13.3. The third-order valence-corrected chi connectivity index (χ3v) is 4.33. The number of carbonyl (C=O) groups is 1. The zero-order valence-corrected chi connectivity index (χ0v) is 13.1. The van der Waals surface area contributed by atoms with E-state index in [0.29, 0.717) is 12.2 Å². The van der Waals surface area contributed by atoms with E-state index in [4.69, 9.17) is 0 Å². The van der Waals surface area contributed by atoms with Crippen LogP contribution >= 0.6 is 27.3 Å². The van der Waals surface area contributed by atoms with Crippen molar-refractivity contribution in [2.45, 2.75) is 13.5 Å². The number of thiazole rings is 1. The SMILES string of the molecule is Cc1ncc(CNC(=O)c2cc3cc(Br)ccc3[nH]2)s1. The number of hydrogen-bond acceptors (Lipinski definition) is 3. The highest BCUT2D eigenvalue weighted by Gasteiger charge is 2.10. The molecule has 0 aliphatic heterocycles. The van der Waals surface area contributed by atoms with Gasteiger partial charge in [-0.05, 0) is 31.2 Å². The second-order valence-corrected chi connectivity index (χ2v) is 6.68. The summed E-state index contributed by atoms with van der Waals surface area (Å²) in [6, 6.07) is 7.73. The molecule has 1 aromatic carbocycles. The van der Waals surface area contributed by atoms with Crippen LogP contribution in [0.5, 0.6) is 0 Å². The maximum atomic E-state index is 12.1. The number of aromatic nitrogens is 2. The number of nitrogens with one attached hydrogen (secondary N) is 2. The molecule has 0 bridgehead atoms. The van der Waals surface area contributed by atoms with E-state index in [2.05, 4.69) is 31.2 Å². The van der Waals surface area contributed by atoms with Crippen LogP contribution in [0.1, 0.15) is 20.4 Å². The molecule has 102 valence electrons. The summed E-state index contributed by atoms with van der Waals surface area (Å²) in [4.78, 5) is 20.4. The molecule has 0 aliphatic carbocycles. The largest absolute Gasteiger partial charge is 0.351 e. The number of rotatable bonds is 3. The number of aromatic amines is 1. The number of hydrogen-bond donors (Lipinski definition) is 2. The van der Waals surface area contributed by atoms with E-state index in [1.165, 1.54) is 0 Å². The number of nitrogens with zero attached hydrogens (tertiary/aromatic N) is 1. The molecule has 0 saturated carbocycles. The first-order chi connectivity index (χ1) is 9.61.